The van der Waals surface area contributed by atoms with E-state index < -0.39 is 0 Å². The van der Waals surface area contributed by atoms with Crippen molar-refractivity contribution < 1.29 is 4.39 Å². The lowest BCUT2D eigenvalue weighted by Gasteiger charge is -2.12. The number of hydrogen-bond acceptors (Lipinski definition) is 2. The average Bonchev–Trinajstić information content (AvgIpc) is 2.32. The molecule has 0 aliphatic carbocycles. The minimum atomic E-state index is -0.184. The first kappa shape index (κ1) is 14.4. The number of thioether (sulfide) groups is 1. The fourth-order valence-electron chi connectivity index (χ4n) is 1.60. The molecule has 0 aliphatic heterocycles. The van der Waals surface area contributed by atoms with Gasteiger partial charge in [-0.1, -0.05) is 33.1 Å². The standard InChI is InChI=1S/C14H22FNS/c1-3-4-5-6-12(2)17-11-16-14-9-7-13(15)8-10-14/h7-10,12,16H,3-6,11H2,1-2H3/t12-/m1/s1. The van der Waals surface area contributed by atoms with E-state index in [0.717, 1.165) is 11.6 Å². The molecule has 1 aromatic rings. The lowest BCUT2D eigenvalue weighted by atomic mass is 10.2. The number of unbranched alkanes of at least 4 members (excludes halogenated alkanes) is 2. The highest BCUT2D eigenvalue weighted by atomic mass is 32.2. The van der Waals surface area contributed by atoms with Crippen LogP contribution in [-0.4, -0.2) is 11.1 Å². The molecule has 0 heterocycles. The van der Waals surface area contributed by atoms with Crippen LogP contribution < -0.4 is 5.32 Å². The highest BCUT2D eigenvalue weighted by Gasteiger charge is 2.01. The van der Waals surface area contributed by atoms with Gasteiger partial charge in [-0.15, -0.1) is 11.8 Å². The summed E-state index contributed by atoms with van der Waals surface area (Å²) in [6, 6.07) is 6.52. The van der Waals surface area contributed by atoms with E-state index in [0.29, 0.717) is 5.25 Å². The van der Waals surface area contributed by atoms with Crippen molar-refractivity contribution >= 4 is 17.4 Å². The summed E-state index contributed by atoms with van der Waals surface area (Å²) in [5.74, 6) is 0.704. The highest BCUT2D eigenvalue weighted by Crippen LogP contribution is 2.18. The Labute approximate surface area is 108 Å². The third-order valence-corrected chi connectivity index (χ3v) is 3.82. The van der Waals surface area contributed by atoms with Crippen molar-refractivity contribution in [2.45, 2.75) is 44.8 Å². The quantitative estimate of drug-likeness (QED) is 0.524. The monoisotopic (exact) mass is 255 g/mol. The van der Waals surface area contributed by atoms with Crippen molar-refractivity contribution in [1.29, 1.82) is 0 Å². The van der Waals surface area contributed by atoms with Crippen LogP contribution in [0.5, 0.6) is 0 Å². The van der Waals surface area contributed by atoms with Crippen molar-refractivity contribution in [3.8, 4) is 0 Å². The van der Waals surface area contributed by atoms with Gasteiger partial charge in [-0.05, 0) is 30.7 Å². The molecule has 0 saturated carbocycles. The van der Waals surface area contributed by atoms with Gasteiger partial charge in [-0.3, -0.25) is 0 Å². The molecule has 0 unspecified atom stereocenters. The molecule has 0 amide bonds. The number of rotatable bonds is 8. The van der Waals surface area contributed by atoms with Crippen molar-refractivity contribution in [3.05, 3.63) is 30.1 Å². The Morgan fingerprint density at radius 1 is 1.24 bits per heavy atom. The third-order valence-electron chi connectivity index (χ3n) is 2.70. The maximum Gasteiger partial charge on any atom is 0.123 e. The fourth-order valence-corrected chi connectivity index (χ4v) is 2.47. The van der Waals surface area contributed by atoms with E-state index in [1.54, 1.807) is 12.1 Å². The number of halogens is 1. The largest absolute Gasteiger partial charge is 0.376 e. The van der Waals surface area contributed by atoms with Gasteiger partial charge in [0.25, 0.3) is 0 Å². The van der Waals surface area contributed by atoms with Gasteiger partial charge in [0.05, 0.1) is 5.88 Å². The number of benzene rings is 1. The second-order valence-electron chi connectivity index (χ2n) is 4.30. The first-order valence-electron chi connectivity index (χ1n) is 6.33. The summed E-state index contributed by atoms with van der Waals surface area (Å²) in [4.78, 5) is 0. The summed E-state index contributed by atoms with van der Waals surface area (Å²) in [7, 11) is 0. The Morgan fingerprint density at radius 3 is 2.59 bits per heavy atom. The summed E-state index contributed by atoms with van der Waals surface area (Å²) in [6.07, 6.45) is 5.21. The molecular weight excluding hydrogens is 233 g/mol. The predicted molar refractivity (Wildman–Crippen MR) is 76.1 cm³/mol. The summed E-state index contributed by atoms with van der Waals surface area (Å²) < 4.78 is 12.7. The second-order valence-corrected chi connectivity index (χ2v) is 5.73. The summed E-state index contributed by atoms with van der Waals surface area (Å²) >= 11 is 1.92. The molecule has 1 N–H and O–H groups in total. The zero-order valence-corrected chi connectivity index (χ0v) is 11.5. The van der Waals surface area contributed by atoms with Crippen LogP contribution in [-0.2, 0) is 0 Å². The summed E-state index contributed by atoms with van der Waals surface area (Å²) in [6.45, 7) is 4.50. The first-order valence-corrected chi connectivity index (χ1v) is 7.38. The van der Waals surface area contributed by atoms with E-state index in [1.807, 2.05) is 11.8 Å². The van der Waals surface area contributed by atoms with Crippen LogP contribution in [0.1, 0.15) is 39.5 Å². The molecule has 0 bridgehead atoms. The Bertz CT molecular complexity index is 300. The molecule has 0 radical (unpaired) electrons. The van der Waals surface area contributed by atoms with Gasteiger partial charge >= 0.3 is 0 Å². The van der Waals surface area contributed by atoms with E-state index in [9.17, 15) is 4.39 Å². The maximum atomic E-state index is 12.7. The topological polar surface area (TPSA) is 12.0 Å². The van der Waals surface area contributed by atoms with Gasteiger partial charge in [0.1, 0.15) is 5.82 Å². The lowest BCUT2D eigenvalue weighted by molar-refractivity contribution is 0.628. The molecule has 0 spiro atoms. The molecule has 1 nitrogen and oxygen atoms in total. The van der Waals surface area contributed by atoms with Gasteiger partial charge < -0.3 is 5.32 Å². The van der Waals surface area contributed by atoms with Crippen LogP contribution in [0.15, 0.2) is 24.3 Å². The SMILES string of the molecule is CCCCC[C@@H](C)SCNc1ccc(F)cc1. The summed E-state index contributed by atoms with van der Waals surface area (Å²) in [5.41, 5.74) is 0.986. The number of hydrogen-bond donors (Lipinski definition) is 1. The Balaban J connectivity index is 2.12. The molecule has 3 heteroatoms. The second kappa shape index (κ2) is 8.40. The Morgan fingerprint density at radius 2 is 1.94 bits per heavy atom. The molecule has 1 aromatic carbocycles. The van der Waals surface area contributed by atoms with E-state index in [-0.39, 0.29) is 5.82 Å². The lowest BCUT2D eigenvalue weighted by Crippen LogP contribution is -2.04. The van der Waals surface area contributed by atoms with E-state index in [4.69, 9.17) is 0 Å². The maximum absolute atomic E-state index is 12.7. The van der Waals surface area contributed by atoms with Crippen molar-refractivity contribution in [2.75, 3.05) is 11.2 Å². The molecule has 1 rings (SSSR count). The van der Waals surface area contributed by atoms with Crippen LogP contribution in [0.25, 0.3) is 0 Å². The minimum Gasteiger partial charge on any atom is -0.376 e. The van der Waals surface area contributed by atoms with Gasteiger partial charge in [-0.25, -0.2) is 4.39 Å². The number of anilines is 1. The van der Waals surface area contributed by atoms with Gasteiger partial charge in [0, 0.05) is 10.9 Å². The molecular formula is C14H22FNS. The van der Waals surface area contributed by atoms with E-state index in [1.165, 1.54) is 37.8 Å². The average molecular weight is 255 g/mol. The Hall–Kier alpha value is -0.700. The molecule has 1 atom stereocenters. The molecule has 0 saturated heterocycles. The van der Waals surface area contributed by atoms with Crippen LogP contribution in [0.3, 0.4) is 0 Å². The zero-order valence-electron chi connectivity index (χ0n) is 10.7. The molecule has 0 fully saturated rings. The zero-order chi connectivity index (χ0) is 12.5. The van der Waals surface area contributed by atoms with Gasteiger partial charge in [0.2, 0.25) is 0 Å². The number of nitrogens with one attached hydrogen (secondary N) is 1. The third kappa shape index (κ3) is 6.57. The van der Waals surface area contributed by atoms with E-state index >= 15 is 0 Å². The molecule has 96 valence electrons. The molecule has 0 aliphatic rings. The molecule has 0 aromatic heterocycles. The Kier molecular flexibility index (Phi) is 7.10. The van der Waals surface area contributed by atoms with Crippen LogP contribution in [0, 0.1) is 5.82 Å². The predicted octanol–water partition coefficient (Wildman–Crippen LogP) is 4.90. The smallest absolute Gasteiger partial charge is 0.123 e. The van der Waals surface area contributed by atoms with Crippen molar-refractivity contribution in [2.24, 2.45) is 0 Å². The fraction of sp³-hybridized carbons (Fsp3) is 0.571. The summed E-state index contributed by atoms with van der Waals surface area (Å²) in [5, 5.41) is 3.98. The first-order chi connectivity index (χ1) is 8.22. The van der Waals surface area contributed by atoms with Crippen molar-refractivity contribution in [1.82, 2.24) is 0 Å². The van der Waals surface area contributed by atoms with Gasteiger partial charge in [-0.2, -0.15) is 0 Å². The van der Waals surface area contributed by atoms with Crippen LogP contribution >= 0.6 is 11.8 Å². The normalized spacial score (nSPS) is 12.4. The highest BCUT2D eigenvalue weighted by molar-refractivity contribution is 7.99. The van der Waals surface area contributed by atoms with Gasteiger partial charge in [0.15, 0.2) is 0 Å². The van der Waals surface area contributed by atoms with Crippen molar-refractivity contribution in [3.63, 3.8) is 0 Å². The minimum absolute atomic E-state index is 0.184. The van der Waals surface area contributed by atoms with Crippen LogP contribution in [0.2, 0.25) is 0 Å². The molecule has 17 heavy (non-hydrogen) atoms. The van der Waals surface area contributed by atoms with Crippen LogP contribution in [0.4, 0.5) is 10.1 Å². The van der Waals surface area contributed by atoms with E-state index in [2.05, 4.69) is 19.2 Å².